The molecule has 9 aromatic rings. The highest BCUT2D eigenvalue weighted by Crippen LogP contribution is 2.48. The van der Waals surface area contributed by atoms with Crippen molar-refractivity contribution in [1.29, 1.82) is 0 Å². The van der Waals surface area contributed by atoms with Crippen molar-refractivity contribution < 1.29 is 0 Å². The number of hydrogen-bond acceptors (Lipinski definition) is 0. The molecule has 0 radical (unpaired) electrons. The van der Waals surface area contributed by atoms with Crippen molar-refractivity contribution in [1.82, 2.24) is 0 Å². The molecule has 0 aromatic heterocycles. The minimum absolute atomic E-state index is 1.25. The summed E-state index contributed by atoms with van der Waals surface area (Å²) in [4.78, 5) is 0. The van der Waals surface area contributed by atoms with E-state index in [4.69, 9.17) is 0 Å². The summed E-state index contributed by atoms with van der Waals surface area (Å²) < 4.78 is 0. The lowest BCUT2D eigenvalue weighted by Gasteiger charge is -2.21. The van der Waals surface area contributed by atoms with E-state index in [-0.39, 0.29) is 0 Å². The summed E-state index contributed by atoms with van der Waals surface area (Å²) in [6.07, 6.45) is 0. The zero-order valence-electron chi connectivity index (χ0n) is 24.2. The lowest BCUT2D eigenvalue weighted by atomic mass is 9.82. The van der Waals surface area contributed by atoms with Gasteiger partial charge in [-0.15, -0.1) is 0 Å². The van der Waals surface area contributed by atoms with E-state index in [9.17, 15) is 0 Å². The van der Waals surface area contributed by atoms with E-state index in [0.717, 1.165) is 0 Å². The van der Waals surface area contributed by atoms with Crippen LogP contribution in [-0.4, -0.2) is 0 Å². The van der Waals surface area contributed by atoms with Crippen LogP contribution in [0.15, 0.2) is 170 Å². The Balaban J connectivity index is 1.49. The highest BCUT2D eigenvalue weighted by atomic mass is 14.2. The summed E-state index contributed by atoms with van der Waals surface area (Å²) >= 11 is 0. The van der Waals surface area contributed by atoms with E-state index in [1.54, 1.807) is 0 Å². The number of rotatable bonds is 3. The van der Waals surface area contributed by atoms with Gasteiger partial charge >= 0.3 is 0 Å². The first-order valence-electron chi connectivity index (χ1n) is 15.3. The molecule has 0 fully saturated rings. The van der Waals surface area contributed by atoms with Gasteiger partial charge in [0.2, 0.25) is 0 Å². The molecule has 0 aliphatic carbocycles. The molecule has 204 valence electrons. The average Bonchev–Trinajstić information content (AvgIpc) is 3.10. The Morgan fingerprint density at radius 2 is 0.636 bits per heavy atom. The molecule has 44 heavy (non-hydrogen) atoms. The monoisotopic (exact) mass is 556 g/mol. The SMILES string of the molecule is c1ccc2c(-c3cc(-c4cc5ccccc5c5ccccc45)c4ccccc4c3-c3cccc4ccccc34)cccc2c1. The molecule has 0 saturated carbocycles. The fourth-order valence-corrected chi connectivity index (χ4v) is 7.28. The molecule has 0 aliphatic rings. The van der Waals surface area contributed by atoms with Crippen LogP contribution >= 0.6 is 0 Å². The second kappa shape index (κ2) is 9.93. The fourth-order valence-electron chi connectivity index (χ4n) is 7.28. The maximum atomic E-state index is 2.47. The van der Waals surface area contributed by atoms with Crippen LogP contribution in [0.1, 0.15) is 0 Å². The van der Waals surface area contributed by atoms with Gasteiger partial charge in [-0.1, -0.05) is 158 Å². The first-order valence-corrected chi connectivity index (χ1v) is 15.3. The van der Waals surface area contributed by atoms with E-state index in [1.807, 2.05) is 0 Å². The summed E-state index contributed by atoms with van der Waals surface area (Å²) in [7, 11) is 0. The summed E-state index contributed by atoms with van der Waals surface area (Å²) in [5.41, 5.74) is 7.57. The molecule has 0 nitrogen and oxygen atoms in total. The lowest BCUT2D eigenvalue weighted by molar-refractivity contribution is 1.64. The van der Waals surface area contributed by atoms with Crippen molar-refractivity contribution in [2.24, 2.45) is 0 Å². The smallest absolute Gasteiger partial charge is 0.00199 e. The molecule has 0 heterocycles. The summed E-state index contributed by atoms with van der Waals surface area (Å²) in [5, 5.41) is 12.7. The van der Waals surface area contributed by atoms with Gasteiger partial charge in [-0.25, -0.2) is 0 Å². The third-order valence-corrected chi connectivity index (χ3v) is 9.24. The second-order valence-electron chi connectivity index (χ2n) is 11.6. The zero-order chi connectivity index (χ0) is 29.0. The van der Waals surface area contributed by atoms with E-state index in [2.05, 4.69) is 170 Å². The van der Waals surface area contributed by atoms with Crippen molar-refractivity contribution in [3.8, 4) is 33.4 Å². The predicted octanol–water partition coefficient (Wildman–Crippen LogP) is 12.5. The number of fused-ring (bicyclic) bond motifs is 6. The molecule has 9 rings (SSSR count). The van der Waals surface area contributed by atoms with Crippen LogP contribution in [0.3, 0.4) is 0 Å². The molecule has 0 bridgehead atoms. The summed E-state index contributed by atoms with van der Waals surface area (Å²) in [6.45, 7) is 0. The van der Waals surface area contributed by atoms with Gasteiger partial charge in [-0.3, -0.25) is 0 Å². The molecular weight excluding hydrogens is 528 g/mol. The number of hydrogen-bond donors (Lipinski definition) is 0. The van der Waals surface area contributed by atoms with Crippen LogP contribution in [0.25, 0.3) is 87.2 Å². The highest BCUT2D eigenvalue weighted by molar-refractivity contribution is 6.21. The standard InChI is InChI=1S/C44H28/c1-4-18-32-29(13-1)16-11-25-36(32)43-28-42(41-27-31-15-3-6-20-34(31)35-21-7-8-22-37(35)41)38-23-9-10-24-40(38)44(43)39-26-12-17-30-14-2-5-19-33(30)39/h1-28H. The molecule has 0 spiro atoms. The predicted molar refractivity (Wildman–Crippen MR) is 190 cm³/mol. The largest absolute Gasteiger partial charge is 0.0616 e. The van der Waals surface area contributed by atoms with Crippen LogP contribution in [0.5, 0.6) is 0 Å². The topological polar surface area (TPSA) is 0 Å². The molecule has 0 unspecified atom stereocenters. The van der Waals surface area contributed by atoms with Crippen molar-refractivity contribution in [3.05, 3.63) is 170 Å². The summed E-state index contributed by atoms with van der Waals surface area (Å²) in [5.74, 6) is 0. The highest BCUT2D eigenvalue weighted by Gasteiger charge is 2.20. The molecular formula is C44H28. The zero-order valence-corrected chi connectivity index (χ0v) is 24.2. The summed E-state index contributed by atoms with van der Waals surface area (Å²) in [6, 6.07) is 62.4. The Bertz CT molecular complexity index is 2540. The van der Waals surface area contributed by atoms with E-state index < -0.39 is 0 Å². The van der Waals surface area contributed by atoms with Crippen molar-refractivity contribution in [2.75, 3.05) is 0 Å². The fraction of sp³-hybridized carbons (Fsp3) is 0. The molecule has 9 aromatic carbocycles. The minimum atomic E-state index is 1.25. The number of benzene rings is 9. The molecule has 0 saturated heterocycles. The Kier molecular flexibility index (Phi) is 5.61. The maximum Gasteiger partial charge on any atom is -0.00199 e. The Hall–Kier alpha value is -5.72. The van der Waals surface area contributed by atoms with Crippen LogP contribution in [-0.2, 0) is 0 Å². The van der Waals surface area contributed by atoms with Gasteiger partial charge in [0.1, 0.15) is 0 Å². The van der Waals surface area contributed by atoms with Crippen molar-refractivity contribution >= 4 is 53.9 Å². The Morgan fingerprint density at radius 3 is 1.32 bits per heavy atom. The molecule has 0 aliphatic heterocycles. The van der Waals surface area contributed by atoms with Crippen molar-refractivity contribution in [3.63, 3.8) is 0 Å². The van der Waals surface area contributed by atoms with E-state index in [1.165, 1.54) is 87.2 Å². The molecule has 0 N–H and O–H groups in total. The Morgan fingerprint density at radius 1 is 0.205 bits per heavy atom. The average molecular weight is 557 g/mol. The third-order valence-electron chi connectivity index (χ3n) is 9.24. The first-order chi connectivity index (χ1) is 21.8. The van der Waals surface area contributed by atoms with Crippen LogP contribution in [0.4, 0.5) is 0 Å². The van der Waals surface area contributed by atoms with E-state index in [0.29, 0.717) is 0 Å². The molecule has 0 heteroatoms. The molecule has 0 atom stereocenters. The first kappa shape index (κ1) is 24.8. The van der Waals surface area contributed by atoms with Gasteiger partial charge < -0.3 is 0 Å². The van der Waals surface area contributed by atoms with Gasteiger partial charge in [0.15, 0.2) is 0 Å². The van der Waals surface area contributed by atoms with Gasteiger partial charge in [-0.2, -0.15) is 0 Å². The van der Waals surface area contributed by atoms with Crippen LogP contribution in [0, 0.1) is 0 Å². The van der Waals surface area contributed by atoms with Gasteiger partial charge in [0.05, 0.1) is 0 Å². The Labute approximate surface area is 256 Å². The van der Waals surface area contributed by atoms with Crippen LogP contribution in [0.2, 0.25) is 0 Å². The van der Waals surface area contributed by atoms with E-state index >= 15 is 0 Å². The minimum Gasteiger partial charge on any atom is -0.0616 e. The molecule has 0 amide bonds. The quantitative estimate of drug-likeness (QED) is 0.190. The van der Waals surface area contributed by atoms with Gasteiger partial charge in [-0.05, 0) is 99.4 Å². The maximum absolute atomic E-state index is 2.47. The van der Waals surface area contributed by atoms with Gasteiger partial charge in [0, 0.05) is 0 Å². The van der Waals surface area contributed by atoms with Gasteiger partial charge in [0.25, 0.3) is 0 Å². The normalized spacial score (nSPS) is 11.6. The second-order valence-corrected chi connectivity index (χ2v) is 11.6. The third kappa shape index (κ3) is 3.78. The van der Waals surface area contributed by atoms with Crippen LogP contribution < -0.4 is 0 Å². The lowest BCUT2D eigenvalue weighted by Crippen LogP contribution is -1.94. The van der Waals surface area contributed by atoms with Crippen molar-refractivity contribution in [2.45, 2.75) is 0 Å².